The van der Waals surface area contributed by atoms with E-state index in [-0.39, 0.29) is 28.7 Å². The van der Waals surface area contributed by atoms with Gasteiger partial charge in [-0.3, -0.25) is 14.9 Å². The Kier molecular flexibility index (Phi) is 5.34. The standard InChI is InChI=1S/C19H15ClN2O4/c20-18-11-15(22(24)25)8-9-17(18)19(23)21(13-16-7-4-10-26-16)12-14-5-2-1-3-6-14/h1-11H,12-13H2. The first kappa shape index (κ1) is 17.7. The molecule has 0 spiro atoms. The highest BCUT2D eigenvalue weighted by molar-refractivity contribution is 6.34. The Hall–Kier alpha value is -3.12. The lowest BCUT2D eigenvalue weighted by atomic mass is 10.1. The van der Waals surface area contributed by atoms with E-state index in [1.165, 1.54) is 18.2 Å². The lowest BCUT2D eigenvalue weighted by Gasteiger charge is -2.22. The Balaban J connectivity index is 1.90. The van der Waals surface area contributed by atoms with Crippen LogP contribution in [0, 0.1) is 10.1 Å². The first-order valence-electron chi connectivity index (χ1n) is 7.84. The van der Waals surface area contributed by atoms with E-state index in [4.69, 9.17) is 16.0 Å². The summed E-state index contributed by atoms with van der Waals surface area (Å²) in [6.07, 6.45) is 1.54. The molecule has 0 saturated heterocycles. The van der Waals surface area contributed by atoms with Gasteiger partial charge in [0.2, 0.25) is 0 Å². The van der Waals surface area contributed by atoms with Crippen molar-refractivity contribution < 1.29 is 14.1 Å². The molecule has 6 nitrogen and oxygen atoms in total. The highest BCUT2D eigenvalue weighted by Crippen LogP contribution is 2.25. The first-order chi connectivity index (χ1) is 12.5. The van der Waals surface area contributed by atoms with E-state index in [9.17, 15) is 14.9 Å². The zero-order valence-electron chi connectivity index (χ0n) is 13.7. The molecule has 7 heteroatoms. The van der Waals surface area contributed by atoms with E-state index in [0.29, 0.717) is 12.3 Å². The van der Waals surface area contributed by atoms with Crippen LogP contribution < -0.4 is 0 Å². The lowest BCUT2D eigenvalue weighted by Crippen LogP contribution is -2.30. The highest BCUT2D eigenvalue weighted by Gasteiger charge is 2.22. The molecule has 0 unspecified atom stereocenters. The summed E-state index contributed by atoms with van der Waals surface area (Å²) in [7, 11) is 0. The molecular weight excluding hydrogens is 356 g/mol. The molecule has 3 rings (SSSR count). The van der Waals surface area contributed by atoms with Crippen molar-refractivity contribution in [1.29, 1.82) is 0 Å². The second-order valence-corrected chi connectivity index (χ2v) is 6.05. The first-order valence-corrected chi connectivity index (χ1v) is 8.22. The fourth-order valence-electron chi connectivity index (χ4n) is 2.56. The van der Waals surface area contributed by atoms with Crippen molar-refractivity contribution in [3.63, 3.8) is 0 Å². The van der Waals surface area contributed by atoms with Gasteiger partial charge in [0.1, 0.15) is 5.76 Å². The smallest absolute Gasteiger partial charge is 0.270 e. The third kappa shape index (κ3) is 4.10. The van der Waals surface area contributed by atoms with Gasteiger partial charge in [-0.15, -0.1) is 0 Å². The number of furan rings is 1. The summed E-state index contributed by atoms with van der Waals surface area (Å²) in [5, 5.41) is 10.9. The van der Waals surface area contributed by atoms with Gasteiger partial charge in [0.15, 0.2) is 0 Å². The van der Waals surface area contributed by atoms with Crippen molar-refractivity contribution in [2.75, 3.05) is 0 Å². The Morgan fingerprint density at radius 1 is 1.08 bits per heavy atom. The van der Waals surface area contributed by atoms with Crippen LogP contribution in [0.2, 0.25) is 5.02 Å². The molecule has 132 valence electrons. The Bertz CT molecular complexity index is 911. The average molecular weight is 371 g/mol. The summed E-state index contributed by atoms with van der Waals surface area (Å²) in [5.41, 5.74) is 0.998. The van der Waals surface area contributed by atoms with Crippen molar-refractivity contribution >= 4 is 23.2 Å². The van der Waals surface area contributed by atoms with Crippen LogP contribution in [0.25, 0.3) is 0 Å². The molecule has 26 heavy (non-hydrogen) atoms. The monoisotopic (exact) mass is 370 g/mol. The molecule has 0 N–H and O–H groups in total. The maximum Gasteiger partial charge on any atom is 0.270 e. The maximum atomic E-state index is 13.0. The molecule has 1 heterocycles. The van der Waals surface area contributed by atoms with E-state index < -0.39 is 4.92 Å². The molecule has 0 atom stereocenters. The van der Waals surface area contributed by atoms with Gasteiger partial charge >= 0.3 is 0 Å². The predicted octanol–water partition coefficient (Wildman–Crippen LogP) is 4.68. The minimum Gasteiger partial charge on any atom is -0.467 e. The number of nitro benzene ring substituents is 1. The molecule has 0 bridgehead atoms. The van der Waals surface area contributed by atoms with E-state index in [2.05, 4.69) is 0 Å². The van der Waals surface area contributed by atoms with E-state index >= 15 is 0 Å². The number of non-ortho nitro benzene ring substituents is 1. The summed E-state index contributed by atoms with van der Waals surface area (Å²) in [5.74, 6) is 0.303. The third-order valence-electron chi connectivity index (χ3n) is 3.82. The zero-order chi connectivity index (χ0) is 18.5. The van der Waals surface area contributed by atoms with E-state index in [1.807, 2.05) is 30.3 Å². The molecule has 0 aliphatic rings. The Morgan fingerprint density at radius 3 is 2.46 bits per heavy atom. The molecule has 2 aromatic carbocycles. The van der Waals surface area contributed by atoms with Crippen LogP contribution in [-0.2, 0) is 13.1 Å². The van der Waals surface area contributed by atoms with Crippen molar-refractivity contribution in [2.45, 2.75) is 13.1 Å². The topological polar surface area (TPSA) is 76.6 Å². The predicted molar refractivity (Wildman–Crippen MR) is 96.8 cm³/mol. The minimum atomic E-state index is -0.551. The molecule has 0 aliphatic heterocycles. The second kappa shape index (κ2) is 7.84. The molecular formula is C19H15ClN2O4. The number of carbonyl (C=O) groups is 1. The number of nitro groups is 1. The van der Waals surface area contributed by atoms with E-state index in [1.54, 1.807) is 23.3 Å². The van der Waals surface area contributed by atoms with Crippen molar-refractivity contribution in [3.8, 4) is 0 Å². The third-order valence-corrected chi connectivity index (χ3v) is 4.14. The van der Waals surface area contributed by atoms with Gasteiger partial charge in [0, 0.05) is 18.7 Å². The van der Waals surface area contributed by atoms with Crippen LogP contribution in [-0.4, -0.2) is 15.7 Å². The molecule has 3 aromatic rings. The number of benzene rings is 2. The quantitative estimate of drug-likeness (QED) is 0.466. The zero-order valence-corrected chi connectivity index (χ0v) is 14.4. The van der Waals surface area contributed by atoms with Gasteiger partial charge < -0.3 is 9.32 Å². The SMILES string of the molecule is O=C(c1ccc([N+](=O)[O-])cc1Cl)N(Cc1ccccc1)Cc1ccco1. The van der Waals surface area contributed by atoms with Gasteiger partial charge in [-0.05, 0) is 23.8 Å². The van der Waals surface area contributed by atoms with Crippen LogP contribution in [0.3, 0.4) is 0 Å². The van der Waals surface area contributed by atoms with Crippen LogP contribution in [0.5, 0.6) is 0 Å². The highest BCUT2D eigenvalue weighted by atomic mass is 35.5. The van der Waals surface area contributed by atoms with Gasteiger partial charge in [0.05, 0.1) is 28.3 Å². The summed E-state index contributed by atoms with van der Waals surface area (Å²) in [6, 6.07) is 16.9. The van der Waals surface area contributed by atoms with Crippen molar-refractivity contribution in [3.05, 3.63) is 99.0 Å². The molecule has 0 aliphatic carbocycles. The number of halogens is 1. The number of amides is 1. The molecule has 0 radical (unpaired) electrons. The normalized spacial score (nSPS) is 10.5. The number of carbonyl (C=O) groups excluding carboxylic acids is 1. The van der Waals surface area contributed by atoms with Crippen molar-refractivity contribution in [2.24, 2.45) is 0 Å². The summed E-state index contributed by atoms with van der Waals surface area (Å²) < 4.78 is 5.35. The Labute approximate surface area is 154 Å². The number of hydrogen-bond donors (Lipinski definition) is 0. The average Bonchev–Trinajstić information content (AvgIpc) is 3.14. The van der Waals surface area contributed by atoms with Gasteiger partial charge in [0.25, 0.3) is 11.6 Å². The minimum absolute atomic E-state index is 0.0432. The molecule has 0 fully saturated rings. The van der Waals surface area contributed by atoms with E-state index in [0.717, 1.165) is 5.56 Å². The number of nitrogens with zero attached hydrogens (tertiary/aromatic N) is 2. The fourth-order valence-corrected chi connectivity index (χ4v) is 2.81. The van der Waals surface area contributed by atoms with Crippen LogP contribution in [0.1, 0.15) is 21.7 Å². The Morgan fingerprint density at radius 2 is 1.85 bits per heavy atom. The van der Waals surface area contributed by atoms with Gasteiger partial charge in [-0.1, -0.05) is 41.9 Å². The fraction of sp³-hybridized carbons (Fsp3) is 0.105. The summed E-state index contributed by atoms with van der Waals surface area (Å²) in [4.78, 5) is 24.9. The largest absolute Gasteiger partial charge is 0.467 e. The number of rotatable bonds is 6. The number of hydrogen-bond acceptors (Lipinski definition) is 4. The summed E-state index contributed by atoms with van der Waals surface area (Å²) >= 11 is 6.12. The van der Waals surface area contributed by atoms with Crippen LogP contribution in [0.4, 0.5) is 5.69 Å². The van der Waals surface area contributed by atoms with Crippen LogP contribution >= 0.6 is 11.6 Å². The van der Waals surface area contributed by atoms with Gasteiger partial charge in [-0.2, -0.15) is 0 Å². The lowest BCUT2D eigenvalue weighted by molar-refractivity contribution is -0.384. The molecule has 1 aromatic heterocycles. The maximum absolute atomic E-state index is 13.0. The molecule has 1 amide bonds. The van der Waals surface area contributed by atoms with Crippen LogP contribution in [0.15, 0.2) is 71.3 Å². The van der Waals surface area contributed by atoms with Gasteiger partial charge in [-0.25, -0.2) is 0 Å². The second-order valence-electron chi connectivity index (χ2n) is 5.65. The summed E-state index contributed by atoms with van der Waals surface area (Å²) in [6.45, 7) is 0.613. The molecule has 0 saturated carbocycles. The van der Waals surface area contributed by atoms with Crippen molar-refractivity contribution in [1.82, 2.24) is 4.90 Å².